The van der Waals surface area contributed by atoms with Crippen LogP contribution in [0.2, 0.25) is 0 Å². The van der Waals surface area contributed by atoms with Crippen LogP contribution >= 0.6 is 22.7 Å². The fraction of sp³-hybridized carbons (Fsp3) is 0.0110. The van der Waals surface area contributed by atoms with Gasteiger partial charge in [-0.15, -0.1) is 22.7 Å². The van der Waals surface area contributed by atoms with Crippen molar-refractivity contribution in [2.75, 3.05) is 0 Å². The van der Waals surface area contributed by atoms with Crippen molar-refractivity contribution in [1.29, 1.82) is 0 Å². The molecule has 0 spiro atoms. The van der Waals surface area contributed by atoms with Gasteiger partial charge < -0.3 is 0 Å². The lowest BCUT2D eigenvalue weighted by molar-refractivity contribution is 0.768. The normalized spacial score (nSPS) is 12.3. The van der Waals surface area contributed by atoms with Gasteiger partial charge in [0.25, 0.3) is 0 Å². The molecule has 18 aromatic rings. The summed E-state index contributed by atoms with van der Waals surface area (Å²) in [5.74, 6) is 3.84. The van der Waals surface area contributed by atoms with E-state index >= 15 is 0 Å². The average molecular weight is 1300 g/mol. The van der Waals surface area contributed by atoms with Gasteiger partial charge in [-0.05, 0) is 147 Å². The summed E-state index contributed by atoms with van der Waals surface area (Å²) >= 11 is 3.41. The highest BCUT2D eigenvalue weighted by molar-refractivity contribution is 7.22. The third kappa shape index (κ3) is 10.1. The number of thiophene rings is 2. The fourth-order valence-corrected chi connectivity index (χ4v) is 16.9. The Morgan fingerprint density at radius 3 is 1.08 bits per heavy atom. The molecule has 1 aliphatic carbocycles. The minimum Gasteiger partial charge on any atom is -0.208 e. The third-order valence-corrected chi connectivity index (χ3v) is 21.7. The van der Waals surface area contributed by atoms with Gasteiger partial charge in [-0.3, -0.25) is 0 Å². The molecule has 0 unspecified atom stereocenters. The Morgan fingerprint density at radius 2 is 0.566 bits per heavy atom. The molecule has 0 radical (unpaired) electrons. The van der Waals surface area contributed by atoms with Crippen LogP contribution in [0.3, 0.4) is 0 Å². The van der Waals surface area contributed by atoms with Crippen molar-refractivity contribution in [3.8, 4) is 123 Å². The van der Waals surface area contributed by atoms with Crippen LogP contribution in [0, 0.1) is 0 Å². The maximum atomic E-state index is 5.36. The fourth-order valence-electron chi connectivity index (χ4n) is 14.9. The quantitative estimate of drug-likeness (QED) is 0.113. The van der Waals surface area contributed by atoms with Crippen molar-refractivity contribution >= 4 is 64.4 Å². The molecule has 0 amide bonds. The predicted molar refractivity (Wildman–Crippen MR) is 411 cm³/mol. The van der Waals surface area contributed by atoms with Crippen LogP contribution in [-0.4, -0.2) is 29.9 Å². The number of hydrogen-bond donors (Lipinski definition) is 0. The van der Waals surface area contributed by atoms with Crippen LogP contribution in [-0.2, 0) is 5.41 Å². The summed E-state index contributed by atoms with van der Waals surface area (Å²) in [4.78, 5) is 33.2. The van der Waals surface area contributed by atoms with Gasteiger partial charge in [0.2, 0.25) is 0 Å². The van der Waals surface area contributed by atoms with E-state index in [4.69, 9.17) is 29.9 Å². The highest BCUT2D eigenvalue weighted by atomic mass is 32.1. The van der Waals surface area contributed by atoms with Crippen molar-refractivity contribution in [3.63, 3.8) is 0 Å². The summed E-state index contributed by atoms with van der Waals surface area (Å²) in [5, 5.41) is 7.10. The first-order chi connectivity index (χ1) is 49.0. The van der Waals surface area contributed by atoms with Gasteiger partial charge in [0, 0.05) is 31.7 Å². The number of fused-ring (bicyclic) bond motifs is 7. The zero-order chi connectivity index (χ0) is 65.4. The van der Waals surface area contributed by atoms with Crippen LogP contribution < -0.4 is 0 Å². The molecule has 4 aromatic heterocycles. The van der Waals surface area contributed by atoms with Gasteiger partial charge in [0.15, 0.2) is 34.9 Å². The molecule has 14 aromatic carbocycles. The van der Waals surface area contributed by atoms with E-state index in [0.717, 1.165) is 70.8 Å². The summed E-state index contributed by atoms with van der Waals surface area (Å²) in [6.07, 6.45) is 0. The largest absolute Gasteiger partial charge is 0.208 e. The monoisotopic (exact) mass is 1300 g/mol. The number of benzene rings is 14. The first kappa shape index (κ1) is 57.9. The standard InChI is InChI=1S/C91H56N6S2/c1-4-21-61(22-5-1)85-92-86(95-89(94-85)81-55-65-23-10-18-37-79(65)98-81)63-49-45-60(46-50-63)83-73-32-12-14-34-75(73)84(76-35-15-13-33-74(76)83)67-26-20-25-64(53-67)59-41-39-57(40-42-59)58-43-47-62(48-44-58)87-93-88(97-90(96-87)82-56-66-24-11-19-38-80(66)99-82)68-51-52-72-71-31-16-17-36-77(71)91(78(72)54-68,69-27-6-2-7-28-69)70-29-8-3-9-30-70/h1-56H. The molecule has 0 saturated heterocycles. The highest BCUT2D eigenvalue weighted by Crippen LogP contribution is 2.57. The zero-order valence-corrected chi connectivity index (χ0v) is 55.0. The van der Waals surface area contributed by atoms with Crippen LogP contribution in [0.25, 0.3) is 164 Å². The van der Waals surface area contributed by atoms with Crippen molar-refractivity contribution < 1.29 is 0 Å². The first-order valence-electron chi connectivity index (χ1n) is 33.3. The maximum absolute atomic E-state index is 5.36. The third-order valence-electron chi connectivity index (χ3n) is 19.5. The molecule has 0 atom stereocenters. The lowest BCUT2D eigenvalue weighted by atomic mass is 9.67. The smallest absolute Gasteiger partial charge is 0.174 e. The molecular weight excluding hydrogens is 1240 g/mol. The molecule has 0 bridgehead atoms. The van der Waals surface area contributed by atoms with E-state index in [0.29, 0.717) is 34.9 Å². The van der Waals surface area contributed by atoms with E-state index in [1.165, 1.54) is 80.8 Å². The van der Waals surface area contributed by atoms with Gasteiger partial charge >= 0.3 is 0 Å². The van der Waals surface area contributed by atoms with Crippen LogP contribution in [0.5, 0.6) is 0 Å². The van der Waals surface area contributed by atoms with Gasteiger partial charge in [0.05, 0.1) is 15.2 Å². The molecule has 19 rings (SSSR count). The molecule has 99 heavy (non-hydrogen) atoms. The Morgan fingerprint density at radius 1 is 0.212 bits per heavy atom. The van der Waals surface area contributed by atoms with E-state index < -0.39 is 5.41 Å². The number of rotatable bonds is 12. The van der Waals surface area contributed by atoms with Gasteiger partial charge in [-0.25, -0.2) is 29.9 Å². The molecule has 0 fully saturated rings. The maximum Gasteiger partial charge on any atom is 0.174 e. The summed E-state index contributed by atoms with van der Waals surface area (Å²) in [7, 11) is 0. The van der Waals surface area contributed by atoms with Gasteiger partial charge in [-0.1, -0.05) is 303 Å². The second-order valence-electron chi connectivity index (χ2n) is 25.2. The Labute approximate surface area is 580 Å². The summed E-state index contributed by atoms with van der Waals surface area (Å²) < 4.78 is 2.39. The SMILES string of the molecule is c1ccc(-c2nc(-c3ccc(-c4c5ccccc5c(-c5cccc(-c6ccc(-c7ccc(-c8nc(-c9ccc%10c(c9)C(c9ccccc9)(c9ccccc9)c9ccccc9-%10)nc(-c9cc%10ccccc%10s9)n8)cc7)cc6)c5)c5ccccc45)cc3)nc(-c3cc4ccccc4s3)n2)cc1. The Balaban J connectivity index is 0.641. The average Bonchev–Trinajstić information content (AvgIpc) is 1.60. The second-order valence-corrected chi connectivity index (χ2v) is 27.4. The van der Waals surface area contributed by atoms with E-state index in [2.05, 4.69) is 322 Å². The number of hydrogen-bond acceptors (Lipinski definition) is 8. The van der Waals surface area contributed by atoms with Crippen molar-refractivity contribution in [2.24, 2.45) is 0 Å². The number of aromatic nitrogens is 6. The summed E-state index contributed by atoms with van der Waals surface area (Å²) in [6, 6.07) is 122. The summed E-state index contributed by atoms with van der Waals surface area (Å²) in [5.41, 5.74) is 19.6. The molecule has 8 heteroatoms. The van der Waals surface area contributed by atoms with E-state index in [-0.39, 0.29) is 0 Å². The molecule has 462 valence electrons. The van der Waals surface area contributed by atoms with Crippen molar-refractivity contribution in [3.05, 3.63) is 362 Å². The Hall–Kier alpha value is -12.5. The minimum atomic E-state index is -0.565. The van der Waals surface area contributed by atoms with Gasteiger partial charge in [-0.2, -0.15) is 0 Å². The van der Waals surface area contributed by atoms with Crippen molar-refractivity contribution in [1.82, 2.24) is 29.9 Å². The zero-order valence-electron chi connectivity index (χ0n) is 53.3. The number of nitrogens with zero attached hydrogens (tertiary/aromatic N) is 6. The van der Waals surface area contributed by atoms with Crippen LogP contribution in [0.1, 0.15) is 22.3 Å². The molecule has 6 nitrogen and oxygen atoms in total. The lowest BCUT2D eigenvalue weighted by Crippen LogP contribution is -2.28. The second kappa shape index (κ2) is 24.0. The molecule has 1 aliphatic rings. The van der Waals surface area contributed by atoms with Crippen LogP contribution in [0.4, 0.5) is 0 Å². The Bertz CT molecular complexity index is 5980. The van der Waals surface area contributed by atoms with E-state index in [1.807, 2.05) is 18.2 Å². The topological polar surface area (TPSA) is 77.3 Å². The summed E-state index contributed by atoms with van der Waals surface area (Å²) in [6.45, 7) is 0. The van der Waals surface area contributed by atoms with Gasteiger partial charge in [0.1, 0.15) is 0 Å². The van der Waals surface area contributed by atoms with Crippen LogP contribution in [0.15, 0.2) is 340 Å². The molecule has 0 N–H and O–H groups in total. The minimum absolute atomic E-state index is 0.565. The van der Waals surface area contributed by atoms with E-state index in [9.17, 15) is 0 Å². The van der Waals surface area contributed by atoms with Crippen molar-refractivity contribution in [2.45, 2.75) is 5.41 Å². The lowest BCUT2D eigenvalue weighted by Gasteiger charge is -2.34. The molecule has 0 saturated carbocycles. The molecule has 4 heterocycles. The Kier molecular flexibility index (Phi) is 14.1. The molecular formula is C91H56N6S2. The first-order valence-corrected chi connectivity index (χ1v) is 34.9. The highest BCUT2D eigenvalue weighted by Gasteiger charge is 2.46. The predicted octanol–water partition coefficient (Wildman–Crippen LogP) is 23.8. The molecule has 0 aliphatic heterocycles. The van der Waals surface area contributed by atoms with E-state index in [1.54, 1.807) is 22.7 Å².